The van der Waals surface area contributed by atoms with Gasteiger partial charge in [-0.1, -0.05) is 10.4 Å². The third-order valence-corrected chi connectivity index (χ3v) is 2.46. The first-order valence-electron chi connectivity index (χ1n) is 5.68. The Hall–Kier alpha value is -1.67. The second-order valence-electron chi connectivity index (χ2n) is 3.99. The van der Waals surface area contributed by atoms with Gasteiger partial charge in [0.05, 0.1) is 12.3 Å². The van der Waals surface area contributed by atoms with Gasteiger partial charge in [-0.3, -0.25) is 9.58 Å². The van der Waals surface area contributed by atoms with Gasteiger partial charge in [-0.05, 0) is 0 Å². The van der Waals surface area contributed by atoms with Crippen molar-refractivity contribution in [3.05, 3.63) is 11.9 Å². The standard InChI is InChI=1S/C10H20N6O2/c1-15-7-9(12-14-15)8-16(5-6-18-2)4-3-10(11)13-17/h7,17H,3-6,8H2,1-2H3,(H2,11,13). The molecule has 0 unspecified atom stereocenters. The van der Waals surface area contributed by atoms with Crippen molar-refractivity contribution >= 4 is 5.84 Å². The number of oxime groups is 1. The predicted octanol–water partition coefficient (Wildman–Crippen LogP) is -0.600. The van der Waals surface area contributed by atoms with Crippen LogP contribution in [0.5, 0.6) is 0 Å². The molecule has 3 N–H and O–H groups in total. The number of hydrogen-bond donors (Lipinski definition) is 2. The van der Waals surface area contributed by atoms with Crippen molar-refractivity contribution in [1.82, 2.24) is 19.9 Å². The monoisotopic (exact) mass is 256 g/mol. The summed E-state index contributed by atoms with van der Waals surface area (Å²) >= 11 is 0. The van der Waals surface area contributed by atoms with Crippen LogP contribution < -0.4 is 5.73 Å². The molecule has 0 aliphatic rings. The molecule has 1 rings (SSSR count). The highest BCUT2D eigenvalue weighted by atomic mass is 16.5. The van der Waals surface area contributed by atoms with Gasteiger partial charge in [-0.2, -0.15) is 0 Å². The molecule has 1 aromatic heterocycles. The summed E-state index contributed by atoms with van der Waals surface area (Å²) in [7, 11) is 3.48. The fourth-order valence-electron chi connectivity index (χ4n) is 1.51. The summed E-state index contributed by atoms with van der Waals surface area (Å²) in [6.45, 7) is 2.72. The molecular weight excluding hydrogens is 236 g/mol. The molecule has 0 spiro atoms. The van der Waals surface area contributed by atoms with Crippen LogP contribution in [0.15, 0.2) is 11.4 Å². The van der Waals surface area contributed by atoms with Crippen molar-refractivity contribution in [1.29, 1.82) is 0 Å². The zero-order valence-electron chi connectivity index (χ0n) is 10.8. The first-order valence-corrected chi connectivity index (χ1v) is 5.68. The Kier molecular flexibility index (Phi) is 6.09. The highest BCUT2D eigenvalue weighted by molar-refractivity contribution is 5.79. The second kappa shape index (κ2) is 7.62. The first kappa shape index (κ1) is 14.4. The quantitative estimate of drug-likeness (QED) is 0.279. The predicted molar refractivity (Wildman–Crippen MR) is 66.2 cm³/mol. The molecule has 8 nitrogen and oxygen atoms in total. The number of amidine groups is 1. The molecule has 0 fully saturated rings. The Morgan fingerprint density at radius 2 is 2.39 bits per heavy atom. The summed E-state index contributed by atoms with van der Waals surface area (Å²) in [5.41, 5.74) is 6.34. The molecule has 0 aliphatic carbocycles. The van der Waals surface area contributed by atoms with E-state index in [9.17, 15) is 0 Å². The van der Waals surface area contributed by atoms with E-state index < -0.39 is 0 Å². The SMILES string of the molecule is COCCN(CCC(N)=NO)Cc1cn(C)nn1. The van der Waals surface area contributed by atoms with E-state index in [-0.39, 0.29) is 5.84 Å². The van der Waals surface area contributed by atoms with E-state index in [1.165, 1.54) is 0 Å². The molecule has 1 aromatic rings. The fraction of sp³-hybridized carbons (Fsp3) is 0.700. The van der Waals surface area contributed by atoms with Gasteiger partial charge in [0, 0.05) is 46.4 Å². The van der Waals surface area contributed by atoms with Gasteiger partial charge >= 0.3 is 0 Å². The Bertz CT molecular complexity index is 378. The van der Waals surface area contributed by atoms with E-state index in [0.717, 1.165) is 12.2 Å². The molecule has 8 heteroatoms. The zero-order chi connectivity index (χ0) is 13.4. The Balaban J connectivity index is 2.49. The van der Waals surface area contributed by atoms with Gasteiger partial charge in [-0.15, -0.1) is 5.10 Å². The molecule has 0 aromatic carbocycles. The maximum absolute atomic E-state index is 8.51. The minimum absolute atomic E-state index is 0.219. The molecule has 0 radical (unpaired) electrons. The maximum Gasteiger partial charge on any atom is 0.140 e. The molecular formula is C10H20N6O2. The van der Waals surface area contributed by atoms with E-state index >= 15 is 0 Å². The summed E-state index contributed by atoms with van der Waals surface area (Å²) in [5.74, 6) is 0.219. The van der Waals surface area contributed by atoms with Gasteiger partial charge in [0.1, 0.15) is 5.84 Å². The van der Waals surface area contributed by atoms with E-state index in [1.54, 1.807) is 11.8 Å². The van der Waals surface area contributed by atoms with Crippen LogP contribution in [0.4, 0.5) is 0 Å². The molecule has 102 valence electrons. The van der Waals surface area contributed by atoms with Crippen molar-refractivity contribution in [3.63, 3.8) is 0 Å². The molecule has 1 heterocycles. The largest absolute Gasteiger partial charge is 0.409 e. The number of aryl methyl sites for hydroxylation is 1. The highest BCUT2D eigenvalue weighted by Crippen LogP contribution is 2.01. The number of methoxy groups -OCH3 is 1. The van der Waals surface area contributed by atoms with Crippen molar-refractivity contribution in [3.8, 4) is 0 Å². The van der Waals surface area contributed by atoms with Crippen LogP contribution in [0, 0.1) is 0 Å². The van der Waals surface area contributed by atoms with Crippen LogP contribution in [0.3, 0.4) is 0 Å². The van der Waals surface area contributed by atoms with Crippen LogP contribution in [-0.4, -0.2) is 57.7 Å². The lowest BCUT2D eigenvalue weighted by molar-refractivity contribution is 0.145. The van der Waals surface area contributed by atoms with Crippen LogP contribution in [0.25, 0.3) is 0 Å². The molecule has 18 heavy (non-hydrogen) atoms. The van der Waals surface area contributed by atoms with E-state index in [2.05, 4.69) is 20.4 Å². The number of nitrogens with two attached hydrogens (primary N) is 1. The minimum Gasteiger partial charge on any atom is -0.409 e. The van der Waals surface area contributed by atoms with Crippen LogP contribution in [0.1, 0.15) is 12.1 Å². The van der Waals surface area contributed by atoms with Crippen LogP contribution in [-0.2, 0) is 18.3 Å². The summed E-state index contributed by atoms with van der Waals surface area (Å²) in [6, 6.07) is 0. The summed E-state index contributed by atoms with van der Waals surface area (Å²) < 4.78 is 6.71. The smallest absolute Gasteiger partial charge is 0.140 e. The van der Waals surface area contributed by atoms with Crippen molar-refractivity contribution in [2.75, 3.05) is 26.8 Å². The Labute approximate surface area is 106 Å². The van der Waals surface area contributed by atoms with Gasteiger partial charge < -0.3 is 15.7 Å². The maximum atomic E-state index is 8.51. The van der Waals surface area contributed by atoms with Crippen LogP contribution >= 0.6 is 0 Å². The van der Waals surface area contributed by atoms with Gasteiger partial charge in [0.15, 0.2) is 0 Å². The molecule has 0 amide bonds. The summed E-state index contributed by atoms with van der Waals surface area (Å²) in [4.78, 5) is 2.12. The molecule has 0 bridgehead atoms. The lowest BCUT2D eigenvalue weighted by atomic mass is 10.3. The lowest BCUT2D eigenvalue weighted by Gasteiger charge is -2.20. The Morgan fingerprint density at radius 3 is 2.94 bits per heavy atom. The number of ether oxygens (including phenoxy) is 1. The average molecular weight is 256 g/mol. The summed E-state index contributed by atoms with van der Waals surface area (Å²) in [5, 5.41) is 19.4. The molecule has 0 atom stereocenters. The average Bonchev–Trinajstić information content (AvgIpc) is 2.77. The van der Waals surface area contributed by atoms with E-state index in [4.69, 9.17) is 15.7 Å². The first-order chi connectivity index (χ1) is 8.65. The minimum atomic E-state index is 0.219. The number of rotatable bonds is 8. The second-order valence-corrected chi connectivity index (χ2v) is 3.99. The molecule has 0 aliphatic heterocycles. The van der Waals surface area contributed by atoms with E-state index in [1.807, 2.05) is 13.2 Å². The van der Waals surface area contributed by atoms with Crippen molar-refractivity contribution in [2.24, 2.45) is 17.9 Å². The lowest BCUT2D eigenvalue weighted by Crippen LogP contribution is -2.31. The molecule has 0 saturated carbocycles. The number of nitrogens with zero attached hydrogens (tertiary/aromatic N) is 5. The highest BCUT2D eigenvalue weighted by Gasteiger charge is 2.09. The Morgan fingerprint density at radius 1 is 1.61 bits per heavy atom. The van der Waals surface area contributed by atoms with Crippen LogP contribution in [0.2, 0.25) is 0 Å². The van der Waals surface area contributed by atoms with Gasteiger partial charge in [0.2, 0.25) is 0 Å². The van der Waals surface area contributed by atoms with Gasteiger partial charge in [-0.25, -0.2) is 0 Å². The van der Waals surface area contributed by atoms with Crippen molar-refractivity contribution in [2.45, 2.75) is 13.0 Å². The zero-order valence-corrected chi connectivity index (χ0v) is 10.8. The third-order valence-electron chi connectivity index (χ3n) is 2.46. The molecule has 0 saturated heterocycles. The van der Waals surface area contributed by atoms with E-state index in [0.29, 0.717) is 26.1 Å². The topological polar surface area (TPSA) is 102 Å². The third kappa shape index (κ3) is 5.11. The summed E-state index contributed by atoms with van der Waals surface area (Å²) in [6.07, 6.45) is 2.36. The fourth-order valence-corrected chi connectivity index (χ4v) is 1.51. The number of aromatic nitrogens is 3. The number of hydrogen-bond acceptors (Lipinski definition) is 6. The van der Waals surface area contributed by atoms with Crippen molar-refractivity contribution < 1.29 is 9.94 Å². The van der Waals surface area contributed by atoms with Gasteiger partial charge in [0.25, 0.3) is 0 Å². The normalized spacial score (nSPS) is 12.3.